The van der Waals surface area contributed by atoms with Crippen LogP contribution in [0.4, 0.5) is 5.82 Å². The van der Waals surface area contributed by atoms with E-state index in [1.807, 2.05) is 6.92 Å². The molecule has 0 saturated heterocycles. The molecule has 0 bridgehead atoms. The summed E-state index contributed by atoms with van der Waals surface area (Å²) in [6.07, 6.45) is 4.24. The smallest absolute Gasteiger partial charge is 0.255 e. The molecule has 116 valence electrons. The average Bonchev–Trinajstić information content (AvgIpc) is 3.30. The summed E-state index contributed by atoms with van der Waals surface area (Å²) in [5.41, 5.74) is 0.576. The fraction of sp³-hybridized carbons (Fsp3) is 0.600. The van der Waals surface area contributed by atoms with Crippen molar-refractivity contribution in [1.29, 1.82) is 0 Å². The highest BCUT2D eigenvalue weighted by atomic mass is 79.9. The first-order valence-electron chi connectivity index (χ1n) is 7.42. The van der Waals surface area contributed by atoms with Crippen molar-refractivity contribution in [2.75, 3.05) is 25.5 Å². The Bertz CT molecular complexity index is 504. The third kappa shape index (κ3) is 4.41. The van der Waals surface area contributed by atoms with E-state index in [0.29, 0.717) is 30.0 Å². The summed E-state index contributed by atoms with van der Waals surface area (Å²) in [7, 11) is 2.12. The van der Waals surface area contributed by atoms with Gasteiger partial charge in [-0.15, -0.1) is 0 Å². The third-order valence-electron chi connectivity index (χ3n) is 3.82. The number of amides is 1. The number of carbonyl (C=O) groups excluding carboxylic acids is 1. The molecule has 1 aromatic heterocycles. The second-order valence-corrected chi connectivity index (χ2v) is 6.45. The fourth-order valence-corrected chi connectivity index (χ4v) is 2.57. The minimum Gasteiger partial charge on any atom is -0.370 e. The summed E-state index contributed by atoms with van der Waals surface area (Å²) in [5.74, 6) is 0.539. The number of carbonyl (C=O) groups is 1. The lowest BCUT2D eigenvalue weighted by Gasteiger charge is -2.24. The number of pyridine rings is 1. The predicted octanol–water partition coefficient (Wildman–Crippen LogP) is 2.49. The molecule has 1 unspecified atom stereocenters. The van der Waals surface area contributed by atoms with Crippen LogP contribution in [-0.4, -0.2) is 48.0 Å². The van der Waals surface area contributed by atoms with Gasteiger partial charge < -0.3 is 10.6 Å². The van der Waals surface area contributed by atoms with E-state index in [2.05, 4.69) is 50.4 Å². The van der Waals surface area contributed by atoms with Crippen molar-refractivity contribution in [2.45, 2.75) is 38.8 Å². The van der Waals surface area contributed by atoms with Gasteiger partial charge in [-0.25, -0.2) is 4.98 Å². The van der Waals surface area contributed by atoms with Crippen molar-refractivity contribution in [1.82, 2.24) is 15.2 Å². The van der Waals surface area contributed by atoms with E-state index < -0.39 is 0 Å². The first kappa shape index (κ1) is 16.2. The number of aromatic nitrogens is 1. The maximum absolute atomic E-state index is 12.4. The van der Waals surface area contributed by atoms with Crippen LogP contribution in [0.2, 0.25) is 0 Å². The van der Waals surface area contributed by atoms with E-state index in [4.69, 9.17) is 0 Å². The van der Waals surface area contributed by atoms with Crippen LogP contribution >= 0.6 is 15.9 Å². The summed E-state index contributed by atoms with van der Waals surface area (Å²) < 4.78 is 0.803. The lowest BCUT2D eigenvalue weighted by atomic mass is 10.2. The van der Waals surface area contributed by atoms with Crippen LogP contribution in [-0.2, 0) is 0 Å². The van der Waals surface area contributed by atoms with E-state index in [1.165, 1.54) is 12.8 Å². The SMILES string of the molecule is CCNc1ncc(Br)cc1C(=O)NCC(C)N(C)C1CC1. The Kier molecular flexibility index (Phi) is 5.58. The van der Waals surface area contributed by atoms with Gasteiger partial charge in [0.15, 0.2) is 0 Å². The number of likely N-dealkylation sites (N-methyl/N-ethyl adjacent to an activating group) is 1. The van der Waals surface area contributed by atoms with E-state index >= 15 is 0 Å². The number of nitrogens with one attached hydrogen (secondary N) is 2. The standard InChI is InChI=1S/C15H23BrN4O/c1-4-17-14-13(7-11(16)9-18-14)15(21)19-8-10(2)20(3)12-5-6-12/h7,9-10,12H,4-6,8H2,1-3H3,(H,17,18)(H,19,21). The van der Waals surface area contributed by atoms with Gasteiger partial charge in [0.2, 0.25) is 0 Å². The molecule has 2 rings (SSSR count). The minimum absolute atomic E-state index is 0.0872. The lowest BCUT2D eigenvalue weighted by Crippen LogP contribution is -2.41. The summed E-state index contributed by atoms with van der Waals surface area (Å²) in [5, 5.41) is 6.13. The van der Waals surface area contributed by atoms with Gasteiger partial charge in [0, 0.05) is 35.8 Å². The molecular formula is C15H23BrN4O. The average molecular weight is 355 g/mol. The van der Waals surface area contributed by atoms with E-state index in [9.17, 15) is 4.79 Å². The molecule has 5 nitrogen and oxygen atoms in total. The monoisotopic (exact) mass is 354 g/mol. The van der Waals surface area contributed by atoms with Gasteiger partial charge in [-0.3, -0.25) is 9.69 Å². The topological polar surface area (TPSA) is 57.3 Å². The van der Waals surface area contributed by atoms with Gasteiger partial charge in [-0.2, -0.15) is 0 Å². The van der Waals surface area contributed by atoms with E-state index in [-0.39, 0.29) is 5.91 Å². The Morgan fingerprint density at radius 3 is 2.90 bits per heavy atom. The first-order valence-corrected chi connectivity index (χ1v) is 8.21. The van der Waals surface area contributed by atoms with Gasteiger partial charge in [0.25, 0.3) is 5.91 Å². The fourth-order valence-electron chi connectivity index (χ4n) is 2.24. The van der Waals surface area contributed by atoms with Gasteiger partial charge in [0.1, 0.15) is 5.82 Å². The van der Waals surface area contributed by atoms with Crippen LogP contribution in [0.1, 0.15) is 37.0 Å². The molecule has 0 aromatic carbocycles. The maximum Gasteiger partial charge on any atom is 0.255 e. The van der Waals surface area contributed by atoms with Crippen LogP contribution in [0.5, 0.6) is 0 Å². The first-order chi connectivity index (χ1) is 10.0. The van der Waals surface area contributed by atoms with E-state index in [1.54, 1.807) is 12.3 Å². The number of hydrogen-bond donors (Lipinski definition) is 2. The lowest BCUT2D eigenvalue weighted by molar-refractivity contribution is 0.0940. The molecule has 0 spiro atoms. The molecule has 1 amide bonds. The van der Waals surface area contributed by atoms with Crippen LogP contribution in [0.15, 0.2) is 16.7 Å². The highest BCUT2D eigenvalue weighted by Crippen LogP contribution is 2.26. The molecule has 21 heavy (non-hydrogen) atoms. The zero-order valence-electron chi connectivity index (χ0n) is 12.8. The van der Waals surface area contributed by atoms with Gasteiger partial charge >= 0.3 is 0 Å². The van der Waals surface area contributed by atoms with Crippen molar-refractivity contribution in [2.24, 2.45) is 0 Å². The third-order valence-corrected chi connectivity index (χ3v) is 4.25. The second kappa shape index (κ2) is 7.22. The molecule has 1 atom stereocenters. The van der Waals surface area contributed by atoms with E-state index in [0.717, 1.165) is 11.0 Å². The number of rotatable bonds is 7. The quantitative estimate of drug-likeness (QED) is 0.789. The highest BCUT2D eigenvalue weighted by Gasteiger charge is 2.29. The van der Waals surface area contributed by atoms with Crippen LogP contribution < -0.4 is 10.6 Å². The molecule has 1 saturated carbocycles. The van der Waals surface area contributed by atoms with Crippen LogP contribution in [0, 0.1) is 0 Å². The van der Waals surface area contributed by atoms with Gasteiger partial charge in [0.05, 0.1) is 5.56 Å². The normalized spacial score (nSPS) is 15.9. The van der Waals surface area contributed by atoms with Crippen molar-refractivity contribution >= 4 is 27.7 Å². The van der Waals surface area contributed by atoms with Crippen molar-refractivity contribution in [3.8, 4) is 0 Å². The molecule has 1 heterocycles. The Hall–Kier alpha value is -1.14. The zero-order chi connectivity index (χ0) is 15.4. The molecule has 1 aliphatic carbocycles. The summed E-state index contributed by atoms with van der Waals surface area (Å²) in [6.45, 7) is 5.50. The Balaban J connectivity index is 1.97. The Morgan fingerprint density at radius 2 is 2.29 bits per heavy atom. The Morgan fingerprint density at radius 1 is 1.57 bits per heavy atom. The molecular weight excluding hydrogens is 332 g/mol. The van der Waals surface area contributed by atoms with Crippen LogP contribution in [0.25, 0.3) is 0 Å². The number of halogens is 1. The van der Waals surface area contributed by atoms with Crippen molar-refractivity contribution < 1.29 is 4.79 Å². The largest absolute Gasteiger partial charge is 0.370 e. The zero-order valence-corrected chi connectivity index (χ0v) is 14.4. The highest BCUT2D eigenvalue weighted by molar-refractivity contribution is 9.10. The van der Waals surface area contributed by atoms with Crippen LogP contribution in [0.3, 0.4) is 0 Å². The molecule has 1 fully saturated rings. The molecule has 6 heteroatoms. The molecule has 0 radical (unpaired) electrons. The summed E-state index contributed by atoms with van der Waals surface area (Å²) in [4.78, 5) is 19.0. The van der Waals surface area contributed by atoms with Crippen molar-refractivity contribution in [3.63, 3.8) is 0 Å². The molecule has 1 aromatic rings. The minimum atomic E-state index is -0.0872. The van der Waals surface area contributed by atoms with Crippen molar-refractivity contribution in [3.05, 3.63) is 22.3 Å². The Labute approximate surface area is 134 Å². The molecule has 0 aliphatic heterocycles. The molecule has 2 N–H and O–H groups in total. The number of hydrogen-bond acceptors (Lipinski definition) is 4. The number of anilines is 1. The van der Waals surface area contributed by atoms with Gasteiger partial charge in [-0.1, -0.05) is 0 Å². The maximum atomic E-state index is 12.4. The summed E-state index contributed by atoms with van der Waals surface area (Å²) in [6, 6.07) is 2.83. The second-order valence-electron chi connectivity index (χ2n) is 5.54. The number of nitrogens with zero attached hydrogens (tertiary/aromatic N) is 2. The summed E-state index contributed by atoms with van der Waals surface area (Å²) >= 11 is 3.37. The predicted molar refractivity (Wildman–Crippen MR) is 88.7 cm³/mol. The van der Waals surface area contributed by atoms with Gasteiger partial charge in [-0.05, 0) is 55.7 Å². The molecule has 1 aliphatic rings.